The third-order valence-electron chi connectivity index (χ3n) is 6.34. The molecule has 5 heterocycles. The summed E-state index contributed by atoms with van der Waals surface area (Å²) >= 11 is 0. The van der Waals surface area contributed by atoms with Gasteiger partial charge < -0.3 is 42.6 Å². The van der Waals surface area contributed by atoms with Crippen LogP contribution >= 0.6 is 0 Å². The Bertz CT molecular complexity index is 705. The van der Waals surface area contributed by atoms with Crippen molar-refractivity contribution in [3.05, 3.63) is 0 Å². The number of rotatable bonds is 2. The summed E-state index contributed by atoms with van der Waals surface area (Å²) in [4.78, 5) is 0. The second kappa shape index (κ2) is 7.07. The van der Waals surface area contributed by atoms with Gasteiger partial charge in [0.2, 0.25) is 0 Å². The van der Waals surface area contributed by atoms with Crippen molar-refractivity contribution in [3.63, 3.8) is 0 Å². The summed E-state index contributed by atoms with van der Waals surface area (Å²) in [6.45, 7) is 15.7. The standard InChI is InChI=1S/C22H36O9/c1-19(2)23-10-13(27-19)11-9-12(26-20(3,4)25-11)14-15-16(29-21(5,6)28-15)17-18(24-14)31-22(7,8)30-17/h11-18H,9-10H2,1-8H3/t11-,12-,13-,14-,15+,16+,17-,18-/m1/s1. The molecule has 0 N–H and O–H groups in total. The van der Waals surface area contributed by atoms with E-state index in [1.165, 1.54) is 0 Å². The third kappa shape index (κ3) is 4.29. The number of ether oxygens (including phenoxy) is 9. The molecule has 0 unspecified atom stereocenters. The van der Waals surface area contributed by atoms with Gasteiger partial charge in [-0.2, -0.15) is 0 Å². The zero-order chi connectivity index (χ0) is 22.4. The molecule has 8 atom stereocenters. The van der Waals surface area contributed by atoms with E-state index in [0.717, 1.165) is 0 Å². The summed E-state index contributed by atoms with van der Waals surface area (Å²) in [6.07, 6.45) is -2.13. The van der Waals surface area contributed by atoms with E-state index in [-0.39, 0.29) is 36.6 Å². The first-order chi connectivity index (χ1) is 14.2. The highest BCUT2D eigenvalue weighted by Crippen LogP contribution is 2.47. The first-order valence-electron chi connectivity index (χ1n) is 11.3. The monoisotopic (exact) mass is 444 g/mol. The van der Waals surface area contributed by atoms with Crippen molar-refractivity contribution in [2.75, 3.05) is 6.61 Å². The van der Waals surface area contributed by atoms with E-state index in [4.69, 9.17) is 42.6 Å². The minimum atomic E-state index is -0.819. The molecule has 0 radical (unpaired) electrons. The molecule has 0 amide bonds. The van der Waals surface area contributed by atoms with E-state index in [0.29, 0.717) is 13.0 Å². The molecule has 5 rings (SSSR count). The molecule has 0 bridgehead atoms. The summed E-state index contributed by atoms with van der Waals surface area (Å²) in [5.74, 6) is -2.96. The van der Waals surface area contributed by atoms with Gasteiger partial charge >= 0.3 is 0 Å². The van der Waals surface area contributed by atoms with Crippen molar-refractivity contribution >= 4 is 0 Å². The minimum Gasteiger partial charge on any atom is -0.348 e. The van der Waals surface area contributed by atoms with E-state index in [9.17, 15) is 0 Å². The Hall–Kier alpha value is -0.360. The summed E-state index contributed by atoms with van der Waals surface area (Å²) in [7, 11) is 0. The van der Waals surface area contributed by atoms with Gasteiger partial charge in [-0.15, -0.1) is 0 Å². The van der Waals surface area contributed by atoms with Gasteiger partial charge in [-0.3, -0.25) is 0 Å². The first-order valence-corrected chi connectivity index (χ1v) is 11.3. The summed E-state index contributed by atoms with van der Waals surface area (Å²) in [5.41, 5.74) is 0. The maximum absolute atomic E-state index is 6.43. The number of hydrogen-bond acceptors (Lipinski definition) is 9. The molecule has 5 aliphatic rings. The van der Waals surface area contributed by atoms with E-state index < -0.39 is 35.5 Å². The molecule has 0 aromatic rings. The Kier molecular flexibility index (Phi) is 5.12. The van der Waals surface area contributed by atoms with E-state index >= 15 is 0 Å². The van der Waals surface area contributed by atoms with Crippen molar-refractivity contribution in [2.24, 2.45) is 0 Å². The molecular weight excluding hydrogens is 408 g/mol. The Labute approximate surface area is 183 Å². The van der Waals surface area contributed by atoms with Gasteiger partial charge in [0.1, 0.15) is 30.5 Å². The van der Waals surface area contributed by atoms with Crippen molar-refractivity contribution in [3.8, 4) is 0 Å². The van der Waals surface area contributed by atoms with E-state index in [1.807, 2.05) is 55.4 Å². The molecule has 0 saturated carbocycles. The van der Waals surface area contributed by atoms with Gasteiger partial charge in [-0.25, -0.2) is 0 Å². The molecule has 0 aromatic heterocycles. The fourth-order valence-corrected chi connectivity index (χ4v) is 5.35. The average molecular weight is 445 g/mol. The van der Waals surface area contributed by atoms with Crippen molar-refractivity contribution in [1.29, 1.82) is 0 Å². The normalized spacial score (nSPS) is 49.5. The topological polar surface area (TPSA) is 83.1 Å². The maximum Gasteiger partial charge on any atom is 0.190 e. The molecule has 9 nitrogen and oxygen atoms in total. The van der Waals surface area contributed by atoms with Gasteiger partial charge in [-0.1, -0.05) is 0 Å². The van der Waals surface area contributed by atoms with Crippen LogP contribution in [0, 0.1) is 0 Å². The highest BCUT2D eigenvalue weighted by molar-refractivity contribution is 5.03. The van der Waals surface area contributed by atoms with Crippen LogP contribution in [-0.4, -0.2) is 78.8 Å². The third-order valence-corrected chi connectivity index (χ3v) is 6.34. The zero-order valence-corrected chi connectivity index (χ0v) is 19.7. The molecule has 178 valence electrons. The zero-order valence-electron chi connectivity index (χ0n) is 19.7. The lowest BCUT2D eigenvalue weighted by Crippen LogP contribution is -2.62. The smallest absolute Gasteiger partial charge is 0.190 e. The predicted molar refractivity (Wildman–Crippen MR) is 106 cm³/mol. The van der Waals surface area contributed by atoms with Crippen LogP contribution in [0.15, 0.2) is 0 Å². The Morgan fingerprint density at radius 3 is 1.65 bits per heavy atom. The molecule has 0 spiro atoms. The molecule has 5 aliphatic heterocycles. The van der Waals surface area contributed by atoms with Gasteiger partial charge in [0.05, 0.1) is 18.8 Å². The molecular formula is C22H36O9. The van der Waals surface area contributed by atoms with Gasteiger partial charge in [-0.05, 0) is 55.4 Å². The summed E-state index contributed by atoms with van der Waals surface area (Å²) < 4.78 is 55.6. The maximum atomic E-state index is 6.43. The van der Waals surface area contributed by atoms with Crippen LogP contribution in [0.5, 0.6) is 0 Å². The SMILES string of the molecule is CC1(C)O[C@@H]2[C@H](O1)[C@H]1OC(C)(C)O[C@H]1O[C@@H]2[C@H]1C[C@H]([C@H]2COC(C)(C)O2)OC(C)(C)O1. The lowest BCUT2D eigenvalue weighted by molar-refractivity contribution is -0.349. The molecule has 5 saturated heterocycles. The summed E-state index contributed by atoms with van der Waals surface area (Å²) in [6, 6.07) is 0. The Morgan fingerprint density at radius 1 is 0.484 bits per heavy atom. The summed E-state index contributed by atoms with van der Waals surface area (Å²) in [5, 5.41) is 0. The second-order valence-corrected chi connectivity index (χ2v) is 10.9. The van der Waals surface area contributed by atoms with Gasteiger partial charge in [0.15, 0.2) is 29.4 Å². The minimum absolute atomic E-state index is 0.185. The van der Waals surface area contributed by atoms with Crippen LogP contribution < -0.4 is 0 Å². The highest BCUT2D eigenvalue weighted by atomic mass is 16.9. The molecule has 0 aliphatic carbocycles. The number of hydrogen-bond donors (Lipinski definition) is 0. The number of fused-ring (bicyclic) bond motifs is 3. The molecule has 5 fully saturated rings. The first kappa shape index (κ1) is 22.4. The van der Waals surface area contributed by atoms with E-state index in [1.54, 1.807) is 0 Å². The van der Waals surface area contributed by atoms with E-state index in [2.05, 4.69) is 0 Å². The van der Waals surface area contributed by atoms with Crippen molar-refractivity contribution in [2.45, 2.75) is 134 Å². The quantitative estimate of drug-likeness (QED) is 0.638. The largest absolute Gasteiger partial charge is 0.348 e. The lowest BCUT2D eigenvalue weighted by atomic mass is 9.91. The van der Waals surface area contributed by atoms with Crippen LogP contribution in [0.2, 0.25) is 0 Å². The fraction of sp³-hybridized carbons (Fsp3) is 1.00. The van der Waals surface area contributed by atoms with Crippen LogP contribution in [0.4, 0.5) is 0 Å². The highest BCUT2D eigenvalue weighted by Gasteiger charge is 2.63. The van der Waals surface area contributed by atoms with Gasteiger partial charge in [0.25, 0.3) is 0 Å². The van der Waals surface area contributed by atoms with Crippen molar-refractivity contribution in [1.82, 2.24) is 0 Å². The molecule has 9 heteroatoms. The van der Waals surface area contributed by atoms with Gasteiger partial charge in [0, 0.05) is 6.42 Å². The molecule has 31 heavy (non-hydrogen) atoms. The van der Waals surface area contributed by atoms with Crippen molar-refractivity contribution < 1.29 is 42.6 Å². The van der Waals surface area contributed by atoms with Crippen LogP contribution in [0.3, 0.4) is 0 Å². The van der Waals surface area contributed by atoms with Crippen LogP contribution in [-0.2, 0) is 42.6 Å². The Balaban J connectivity index is 1.40. The second-order valence-electron chi connectivity index (χ2n) is 10.9. The Morgan fingerprint density at radius 2 is 1.00 bits per heavy atom. The lowest BCUT2D eigenvalue weighted by Gasteiger charge is -2.48. The predicted octanol–water partition coefficient (Wildman–Crippen LogP) is 2.44. The average Bonchev–Trinajstić information content (AvgIpc) is 3.23. The van der Waals surface area contributed by atoms with Crippen LogP contribution in [0.25, 0.3) is 0 Å². The van der Waals surface area contributed by atoms with Crippen LogP contribution in [0.1, 0.15) is 61.8 Å². The molecule has 0 aromatic carbocycles. The fourth-order valence-electron chi connectivity index (χ4n) is 5.35.